The van der Waals surface area contributed by atoms with Gasteiger partial charge in [0.25, 0.3) is 10.0 Å². The van der Waals surface area contributed by atoms with Crippen LogP contribution in [0.1, 0.15) is 18.5 Å². The van der Waals surface area contributed by atoms with Gasteiger partial charge >= 0.3 is 0 Å². The molecule has 0 spiro atoms. The summed E-state index contributed by atoms with van der Waals surface area (Å²) in [5.41, 5.74) is 1.82. The normalized spacial score (nSPS) is 19.7. The predicted octanol–water partition coefficient (Wildman–Crippen LogP) is 1.66. The number of sulfonamides is 1. The van der Waals surface area contributed by atoms with Crippen LogP contribution in [-0.4, -0.2) is 81.3 Å². The summed E-state index contributed by atoms with van der Waals surface area (Å²) >= 11 is 6.16. The number of halogens is 1. The number of rotatable bonds is 5. The van der Waals surface area contributed by atoms with Crippen LogP contribution in [0.3, 0.4) is 0 Å². The third-order valence-corrected chi connectivity index (χ3v) is 8.45. The Hall–Kier alpha value is -3.07. The second-order valence-electron chi connectivity index (χ2n) is 8.73. The number of nitrogens with zero attached hydrogens (tertiary/aromatic N) is 8. The molecule has 4 aromatic heterocycles. The molecule has 1 aliphatic heterocycles. The second-order valence-corrected chi connectivity index (χ2v) is 12.9. The molecule has 0 saturated carbocycles. The van der Waals surface area contributed by atoms with E-state index in [9.17, 15) is 16.8 Å². The van der Waals surface area contributed by atoms with E-state index in [0.717, 1.165) is 16.6 Å². The molecule has 0 bridgehead atoms. The first-order valence-electron chi connectivity index (χ1n) is 10.9. The van der Waals surface area contributed by atoms with Crippen molar-refractivity contribution in [2.75, 3.05) is 30.5 Å². The van der Waals surface area contributed by atoms with E-state index in [1.165, 1.54) is 16.7 Å². The van der Waals surface area contributed by atoms with Crippen molar-refractivity contribution in [1.29, 1.82) is 0 Å². The van der Waals surface area contributed by atoms with Gasteiger partial charge in [-0.25, -0.2) is 31.8 Å². The van der Waals surface area contributed by atoms with Gasteiger partial charge in [0.1, 0.15) is 17.2 Å². The number of pyridine rings is 1. The lowest BCUT2D eigenvalue weighted by Crippen LogP contribution is -2.55. The maximum Gasteiger partial charge on any atom is 0.250 e. The van der Waals surface area contributed by atoms with Gasteiger partial charge in [-0.3, -0.25) is 4.40 Å². The van der Waals surface area contributed by atoms with Gasteiger partial charge in [0, 0.05) is 43.3 Å². The van der Waals surface area contributed by atoms with E-state index in [4.69, 9.17) is 16.6 Å². The zero-order valence-electron chi connectivity index (χ0n) is 19.6. The monoisotopic (exact) mass is 550 g/mol. The van der Waals surface area contributed by atoms with Gasteiger partial charge in [-0.15, -0.1) is 0 Å². The molecule has 15 heteroatoms. The Morgan fingerprint density at radius 3 is 2.44 bits per heavy atom. The molecule has 1 aliphatic rings. The molecule has 4 aromatic rings. The molecule has 5 rings (SSSR count). The molecule has 2 atom stereocenters. The first-order chi connectivity index (χ1) is 16.9. The van der Waals surface area contributed by atoms with Crippen molar-refractivity contribution in [3.8, 4) is 11.5 Å². The van der Waals surface area contributed by atoms with Crippen LogP contribution >= 0.6 is 11.6 Å². The number of aromatic nitrogens is 6. The number of hydrogen-bond acceptors (Lipinski definition) is 9. The molecule has 0 aliphatic carbocycles. The summed E-state index contributed by atoms with van der Waals surface area (Å²) in [5.74, 6) is 1.03. The first kappa shape index (κ1) is 24.6. The van der Waals surface area contributed by atoms with Gasteiger partial charge in [0.05, 0.1) is 36.0 Å². The highest BCUT2D eigenvalue weighted by molar-refractivity contribution is 7.89. The molecule has 1 saturated heterocycles. The fourth-order valence-corrected chi connectivity index (χ4v) is 6.57. The van der Waals surface area contributed by atoms with Gasteiger partial charge in [0.2, 0.25) is 10.0 Å². The van der Waals surface area contributed by atoms with E-state index in [1.807, 2.05) is 4.90 Å². The highest BCUT2D eigenvalue weighted by Gasteiger charge is 2.40. The Kier molecular flexibility index (Phi) is 6.01. The Morgan fingerprint density at radius 2 is 1.75 bits per heavy atom. The number of imidazole rings is 1. The van der Waals surface area contributed by atoms with E-state index in [-0.39, 0.29) is 6.54 Å². The minimum absolute atomic E-state index is 0.238. The van der Waals surface area contributed by atoms with Gasteiger partial charge in [-0.2, -0.15) is 13.5 Å². The van der Waals surface area contributed by atoms with E-state index < -0.39 is 32.1 Å². The zero-order valence-corrected chi connectivity index (χ0v) is 22.0. The van der Waals surface area contributed by atoms with Gasteiger partial charge in [0.15, 0.2) is 5.82 Å². The third-order valence-electron chi connectivity index (χ3n) is 5.97. The summed E-state index contributed by atoms with van der Waals surface area (Å²) in [6.45, 7) is 2.41. The van der Waals surface area contributed by atoms with E-state index >= 15 is 0 Å². The first-order valence-corrected chi connectivity index (χ1v) is 14.9. The lowest BCUT2D eigenvalue weighted by Gasteiger charge is -2.44. The third kappa shape index (κ3) is 4.56. The van der Waals surface area contributed by atoms with Crippen LogP contribution < -0.4 is 4.90 Å². The number of anilines is 1. The zero-order chi connectivity index (χ0) is 25.8. The highest BCUT2D eigenvalue weighted by Crippen LogP contribution is 2.33. The Labute approximate surface area is 213 Å². The SMILES string of the molecule is CC1CN(c2ccnc(-c3cnc4ccc(Cl)cn34)n2)CC(c2cnn(S(C)(=O)=O)c2)N1S(C)(=O)=O. The Balaban J connectivity index is 1.53. The predicted molar refractivity (Wildman–Crippen MR) is 135 cm³/mol. The average Bonchev–Trinajstić information content (AvgIpc) is 3.45. The molecule has 12 nitrogen and oxygen atoms in total. The van der Waals surface area contributed by atoms with Crippen molar-refractivity contribution in [1.82, 2.24) is 32.8 Å². The molecule has 5 heterocycles. The topological polar surface area (TPSA) is 136 Å². The van der Waals surface area contributed by atoms with E-state index in [2.05, 4.69) is 15.1 Å². The summed E-state index contributed by atoms with van der Waals surface area (Å²) in [7, 11) is -7.23. The molecular weight excluding hydrogens is 528 g/mol. The fourth-order valence-electron chi connectivity index (χ4n) is 4.51. The molecule has 0 aromatic carbocycles. The summed E-state index contributed by atoms with van der Waals surface area (Å²) in [4.78, 5) is 15.5. The molecule has 2 unspecified atom stereocenters. The second kappa shape index (κ2) is 8.80. The average molecular weight is 551 g/mol. The fraction of sp³-hybridized carbons (Fsp3) is 0.333. The number of piperazine rings is 1. The molecule has 0 amide bonds. The van der Waals surface area contributed by atoms with Crippen molar-refractivity contribution < 1.29 is 16.8 Å². The molecular formula is C21H23ClN8O4S2. The summed E-state index contributed by atoms with van der Waals surface area (Å²) in [6, 6.07) is 4.20. The van der Waals surface area contributed by atoms with Gasteiger partial charge in [-0.05, 0) is 25.1 Å². The molecule has 190 valence electrons. The lowest BCUT2D eigenvalue weighted by atomic mass is 10.1. The lowest BCUT2D eigenvalue weighted by molar-refractivity contribution is 0.231. The van der Waals surface area contributed by atoms with Crippen molar-refractivity contribution >= 4 is 43.1 Å². The van der Waals surface area contributed by atoms with E-state index in [1.54, 1.807) is 48.1 Å². The molecule has 0 radical (unpaired) electrons. The maximum atomic E-state index is 12.7. The minimum Gasteiger partial charge on any atom is -0.353 e. The summed E-state index contributed by atoms with van der Waals surface area (Å²) in [5, 5.41) is 4.47. The van der Waals surface area contributed by atoms with Crippen LogP contribution in [0.4, 0.5) is 5.82 Å². The van der Waals surface area contributed by atoms with Crippen molar-refractivity contribution in [2.24, 2.45) is 0 Å². The quantitative estimate of drug-likeness (QED) is 0.363. The highest BCUT2D eigenvalue weighted by atomic mass is 35.5. The maximum absolute atomic E-state index is 12.7. The number of hydrogen-bond donors (Lipinski definition) is 0. The molecule has 1 fully saturated rings. The van der Waals surface area contributed by atoms with Crippen LogP contribution in [0.25, 0.3) is 17.2 Å². The van der Waals surface area contributed by atoms with Crippen LogP contribution in [-0.2, 0) is 20.0 Å². The van der Waals surface area contributed by atoms with Crippen LogP contribution in [0.2, 0.25) is 5.02 Å². The smallest absolute Gasteiger partial charge is 0.250 e. The van der Waals surface area contributed by atoms with Crippen molar-refractivity contribution in [3.05, 3.63) is 59.8 Å². The van der Waals surface area contributed by atoms with Crippen LogP contribution in [0.15, 0.2) is 49.2 Å². The van der Waals surface area contributed by atoms with E-state index in [0.29, 0.717) is 40.1 Å². The summed E-state index contributed by atoms with van der Waals surface area (Å²) in [6.07, 6.45) is 9.94. The Bertz CT molecular complexity index is 1670. The van der Waals surface area contributed by atoms with Crippen molar-refractivity contribution in [3.63, 3.8) is 0 Å². The minimum atomic E-state index is -3.62. The van der Waals surface area contributed by atoms with Crippen LogP contribution in [0.5, 0.6) is 0 Å². The van der Waals surface area contributed by atoms with Crippen molar-refractivity contribution in [2.45, 2.75) is 19.0 Å². The standard InChI is InChI=1S/C21H23ClN8O4S2/c1-14-10-27(13-18(30(14)36(3,33)34)15-8-25-29(11-15)35(2,31)32)20-6-7-23-21(26-20)17-9-24-19-5-4-16(22)12-28(17)19/h4-9,11-12,14,18H,10,13H2,1-3H3. The van der Waals surface area contributed by atoms with Gasteiger partial charge < -0.3 is 4.90 Å². The molecule has 0 N–H and O–H groups in total. The number of fused-ring (bicyclic) bond motifs is 1. The Morgan fingerprint density at radius 1 is 0.972 bits per heavy atom. The van der Waals surface area contributed by atoms with Gasteiger partial charge in [-0.1, -0.05) is 11.6 Å². The summed E-state index contributed by atoms with van der Waals surface area (Å²) < 4.78 is 53.3. The van der Waals surface area contributed by atoms with Crippen LogP contribution in [0, 0.1) is 0 Å². The largest absolute Gasteiger partial charge is 0.353 e. The molecule has 36 heavy (non-hydrogen) atoms.